The molecular weight excluding hydrogens is 337 g/mol. The van der Waals surface area contributed by atoms with E-state index in [1.807, 2.05) is 12.1 Å². The zero-order valence-electron chi connectivity index (χ0n) is 14.5. The van der Waals surface area contributed by atoms with Crippen LogP contribution in [0.5, 0.6) is 11.5 Å². The number of aromatic nitrogens is 2. The Labute approximate surface area is 149 Å². The summed E-state index contributed by atoms with van der Waals surface area (Å²) in [4.78, 5) is 18.6. The molecule has 1 amide bonds. The molecule has 0 N–H and O–H groups in total. The monoisotopic (exact) mass is 355 g/mol. The minimum absolute atomic E-state index is 0.153. The van der Waals surface area contributed by atoms with Crippen molar-refractivity contribution in [1.82, 2.24) is 14.3 Å². The first-order valence-electron chi connectivity index (χ1n) is 8.28. The van der Waals surface area contributed by atoms with Crippen LogP contribution >= 0.6 is 0 Å². The molecule has 4 rings (SSSR count). The van der Waals surface area contributed by atoms with Crippen LogP contribution in [0.4, 0.5) is 4.39 Å². The molecule has 0 saturated heterocycles. The van der Waals surface area contributed by atoms with Gasteiger partial charge in [0.15, 0.2) is 17.2 Å². The molecule has 0 unspecified atom stereocenters. The van der Waals surface area contributed by atoms with E-state index < -0.39 is 11.9 Å². The molecule has 0 aliphatic carbocycles. The number of halogens is 1. The molecule has 0 atom stereocenters. The number of pyridine rings is 1. The van der Waals surface area contributed by atoms with Crippen molar-refractivity contribution < 1.29 is 18.7 Å². The zero-order chi connectivity index (χ0) is 18.3. The zero-order valence-corrected chi connectivity index (χ0v) is 14.5. The molecule has 26 heavy (non-hydrogen) atoms. The van der Waals surface area contributed by atoms with E-state index >= 15 is 0 Å². The fraction of sp³-hybridized carbons (Fsp3) is 0.263. The van der Waals surface area contributed by atoms with Crippen LogP contribution in [0.15, 0.2) is 36.5 Å². The molecule has 1 aliphatic rings. The quantitative estimate of drug-likeness (QED) is 0.725. The predicted molar refractivity (Wildman–Crippen MR) is 93.1 cm³/mol. The fourth-order valence-corrected chi connectivity index (χ4v) is 3.31. The average Bonchev–Trinajstić information content (AvgIpc) is 3.02. The van der Waals surface area contributed by atoms with Gasteiger partial charge in [-0.05, 0) is 41.8 Å². The molecule has 7 heteroatoms. The number of rotatable bonds is 3. The summed E-state index contributed by atoms with van der Waals surface area (Å²) < 4.78 is 26.5. The maximum absolute atomic E-state index is 14.6. The topological polar surface area (TPSA) is 56.1 Å². The van der Waals surface area contributed by atoms with E-state index in [9.17, 15) is 9.18 Å². The van der Waals surface area contributed by atoms with Crippen molar-refractivity contribution in [2.24, 2.45) is 0 Å². The van der Waals surface area contributed by atoms with Crippen molar-refractivity contribution in [3.63, 3.8) is 0 Å². The standard InChI is InChI=1S/C19H18FN3O3/c1-25-14-9-12-6-8-22(11-13(12)10-15(14)26-2)19(24)17-18(20)23-7-4-3-5-16(23)21-17/h3-5,7,9-10H,6,8,11H2,1-2H3. The summed E-state index contributed by atoms with van der Waals surface area (Å²) in [5.41, 5.74) is 2.32. The number of amides is 1. The number of hydrogen-bond donors (Lipinski definition) is 0. The molecule has 0 bridgehead atoms. The molecule has 1 aliphatic heterocycles. The second-order valence-electron chi connectivity index (χ2n) is 6.13. The van der Waals surface area contributed by atoms with Crippen LogP contribution in [0.1, 0.15) is 21.6 Å². The first kappa shape index (κ1) is 16.4. The molecule has 0 fully saturated rings. The van der Waals surface area contributed by atoms with Crippen molar-refractivity contribution in [2.45, 2.75) is 13.0 Å². The van der Waals surface area contributed by atoms with Gasteiger partial charge in [0.05, 0.1) is 14.2 Å². The number of imidazole rings is 1. The van der Waals surface area contributed by atoms with Crippen LogP contribution in [0, 0.1) is 5.95 Å². The van der Waals surface area contributed by atoms with Crippen molar-refractivity contribution in [3.8, 4) is 11.5 Å². The van der Waals surface area contributed by atoms with Gasteiger partial charge in [0.25, 0.3) is 5.91 Å². The molecule has 1 aromatic carbocycles. The van der Waals surface area contributed by atoms with Crippen LogP contribution in [-0.4, -0.2) is 41.0 Å². The third-order valence-corrected chi connectivity index (χ3v) is 4.68. The summed E-state index contributed by atoms with van der Waals surface area (Å²) in [6, 6.07) is 8.92. The van der Waals surface area contributed by atoms with Gasteiger partial charge in [-0.1, -0.05) is 6.07 Å². The lowest BCUT2D eigenvalue weighted by molar-refractivity contribution is 0.0723. The fourth-order valence-electron chi connectivity index (χ4n) is 3.31. The van der Waals surface area contributed by atoms with E-state index in [1.54, 1.807) is 43.5 Å². The third kappa shape index (κ3) is 2.56. The van der Waals surface area contributed by atoms with Crippen LogP contribution in [0.3, 0.4) is 0 Å². The molecule has 6 nitrogen and oxygen atoms in total. The lowest BCUT2D eigenvalue weighted by Crippen LogP contribution is -2.36. The van der Waals surface area contributed by atoms with E-state index in [0.29, 0.717) is 36.7 Å². The number of ether oxygens (including phenoxy) is 2. The van der Waals surface area contributed by atoms with Gasteiger partial charge in [-0.2, -0.15) is 4.39 Å². The maximum atomic E-state index is 14.6. The number of carbonyl (C=O) groups excluding carboxylic acids is 1. The summed E-state index contributed by atoms with van der Waals surface area (Å²) in [5.74, 6) is 0.229. The second-order valence-corrected chi connectivity index (χ2v) is 6.13. The van der Waals surface area contributed by atoms with Gasteiger partial charge in [0.2, 0.25) is 5.95 Å². The van der Waals surface area contributed by atoms with Gasteiger partial charge in [-0.25, -0.2) is 4.98 Å². The minimum atomic E-state index is -0.635. The number of benzene rings is 1. The highest BCUT2D eigenvalue weighted by Crippen LogP contribution is 2.33. The smallest absolute Gasteiger partial charge is 0.277 e. The summed E-state index contributed by atoms with van der Waals surface area (Å²) >= 11 is 0. The van der Waals surface area contributed by atoms with Gasteiger partial charge in [0, 0.05) is 19.3 Å². The molecule has 2 aromatic heterocycles. The van der Waals surface area contributed by atoms with E-state index in [-0.39, 0.29) is 5.69 Å². The first-order valence-corrected chi connectivity index (χ1v) is 8.28. The normalized spacial score (nSPS) is 13.6. The molecular formula is C19H18FN3O3. The van der Waals surface area contributed by atoms with Gasteiger partial charge in [-0.3, -0.25) is 9.20 Å². The number of hydrogen-bond acceptors (Lipinski definition) is 4. The number of nitrogens with zero attached hydrogens (tertiary/aromatic N) is 3. The van der Waals surface area contributed by atoms with Crippen LogP contribution in [-0.2, 0) is 13.0 Å². The van der Waals surface area contributed by atoms with E-state index in [0.717, 1.165) is 11.1 Å². The van der Waals surface area contributed by atoms with Gasteiger partial charge in [0.1, 0.15) is 5.65 Å². The Morgan fingerprint density at radius 1 is 1.15 bits per heavy atom. The maximum Gasteiger partial charge on any atom is 0.277 e. The molecule has 0 spiro atoms. The summed E-state index contributed by atoms with van der Waals surface area (Å²) in [6.07, 6.45) is 2.22. The van der Waals surface area contributed by atoms with Crippen LogP contribution in [0.25, 0.3) is 5.65 Å². The Morgan fingerprint density at radius 2 is 1.88 bits per heavy atom. The van der Waals surface area contributed by atoms with Gasteiger partial charge < -0.3 is 14.4 Å². The highest BCUT2D eigenvalue weighted by atomic mass is 19.1. The Balaban J connectivity index is 1.65. The predicted octanol–water partition coefficient (Wildman–Crippen LogP) is 2.69. The van der Waals surface area contributed by atoms with Gasteiger partial charge >= 0.3 is 0 Å². The second kappa shape index (κ2) is 6.33. The summed E-state index contributed by atoms with van der Waals surface area (Å²) in [6.45, 7) is 0.871. The summed E-state index contributed by atoms with van der Waals surface area (Å²) in [7, 11) is 3.16. The van der Waals surface area contributed by atoms with E-state index in [4.69, 9.17) is 9.47 Å². The lowest BCUT2D eigenvalue weighted by atomic mass is 9.98. The Bertz CT molecular complexity index is 999. The largest absolute Gasteiger partial charge is 0.493 e. The number of methoxy groups -OCH3 is 2. The van der Waals surface area contributed by atoms with Crippen molar-refractivity contribution >= 4 is 11.6 Å². The number of fused-ring (bicyclic) bond motifs is 2. The molecule has 0 radical (unpaired) electrons. The van der Waals surface area contributed by atoms with Crippen molar-refractivity contribution in [1.29, 1.82) is 0 Å². The average molecular weight is 355 g/mol. The highest BCUT2D eigenvalue weighted by Gasteiger charge is 2.28. The van der Waals surface area contributed by atoms with Crippen LogP contribution < -0.4 is 9.47 Å². The lowest BCUT2D eigenvalue weighted by Gasteiger charge is -2.29. The molecule has 3 aromatic rings. The Hall–Kier alpha value is -3.09. The number of carbonyl (C=O) groups is 1. The van der Waals surface area contributed by atoms with Gasteiger partial charge in [-0.15, -0.1) is 0 Å². The minimum Gasteiger partial charge on any atom is -0.493 e. The third-order valence-electron chi connectivity index (χ3n) is 4.68. The SMILES string of the molecule is COc1cc2c(cc1OC)CN(C(=O)c1nc3ccccn3c1F)CC2. The van der Waals surface area contributed by atoms with Crippen LogP contribution in [0.2, 0.25) is 0 Å². The van der Waals surface area contributed by atoms with Crippen molar-refractivity contribution in [3.05, 3.63) is 59.3 Å². The van der Waals surface area contributed by atoms with Crippen molar-refractivity contribution in [2.75, 3.05) is 20.8 Å². The molecule has 0 saturated carbocycles. The first-order chi connectivity index (χ1) is 12.6. The highest BCUT2D eigenvalue weighted by molar-refractivity contribution is 5.93. The molecule has 3 heterocycles. The summed E-state index contributed by atoms with van der Waals surface area (Å²) in [5, 5.41) is 0. The van der Waals surface area contributed by atoms with E-state index in [2.05, 4.69) is 4.98 Å². The van der Waals surface area contributed by atoms with E-state index in [1.165, 1.54) is 4.40 Å². The Morgan fingerprint density at radius 3 is 2.58 bits per heavy atom. The Kier molecular flexibility index (Phi) is 3.99. The molecule has 134 valence electrons.